The van der Waals surface area contributed by atoms with Crippen LogP contribution in [-0.4, -0.2) is 35.7 Å². The van der Waals surface area contributed by atoms with Crippen molar-refractivity contribution in [2.75, 3.05) is 18.4 Å². The topological polar surface area (TPSA) is 92.5 Å². The van der Waals surface area contributed by atoms with Crippen molar-refractivity contribution in [3.05, 3.63) is 64.7 Å². The number of amides is 3. The van der Waals surface area contributed by atoms with E-state index in [1.807, 2.05) is 19.1 Å². The van der Waals surface area contributed by atoms with Crippen molar-refractivity contribution in [3.8, 4) is 0 Å². The van der Waals surface area contributed by atoms with E-state index in [-0.39, 0.29) is 18.2 Å². The van der Waals surface area contributed by atoms with Crippen LogP contribution in [0.25, 0.3) is 0 Å². The quantitative estimate of drug-likeness (QED) is 0.757. The molecule has 2 aromatic rings. The Morgan fingerprint density at radius 3 is 2.28 bits per heavy atom. The lowest BCUT2D eigenvalue weighted by molar-refractivity contribution is -0.116. The molecule has 3 rings (SSSR count). The Bertz CT molecular complexity index is 906. The first-order valence-electron chi connectivity index (χ1n) is 10.1. The van der Waals surface area contributed by atoms with Crippen molar-refractivity contribution in [1.82, 2.24) is 4.90 Å². The molecular formula is C23H27N3O3. The number of anilines is 1. The van der Waals surface area contributed by atoms with Crippen LogP contribution < -0.4 is 11.1 Å². The zero-order valence-electron chi connectivity index (χ0n) is 16.7. The summed E-state index contributed by atoms with van der Waals surface area (Å²) in [5, 5.41) is 2.78. The van der Waals surface area contributed by atoms with E-state index >= 15 is 0 Å². The highest BCUT2D eigenvalue weighted by molar-refractivity contribution is 5.96. The molecule has 3 N–H and O–H groups in total. The molecule has 0 radical (unpaired) electrons. The summed E-state index contributed by atoms with van der Waals surface area (Å²) >= 11 is 0. The van der Waals surface area contributed by atoms with Gasteiger partial charge in [0.25, 0.3) is 5.91 Å². The van der Waals surface area contributed by atoms with Crippen LogP contribution in [0.15, 0.2) is 42.5 Å². The van der Waals surface area contributed by atoms with Crippen molar-refractivity contribution in [1.29, 1.82) is 0 Å². The smallest absolute Gasteiger partial charge is 0.253 e. The van der Waals surface area contributed by atoms with Gasteiger partial charge >= 0.3 is 0 Å². The molecular weight excluding hydrogens is 366 g/mol. The van der Waals surface area contributed by atoms with Gasteiger partial charge in [0, 0.05) is 36.3 Å². The van der Waals surface area contributed by atoms with Crippen molar-refractivity contribution in [2.45, 2.75) is 39.0 Å². The van der Waals surface area contributed by atoms with Gasteiger partial charge in [0.2, 0.25) is 11.8 Å². The number of carbonyl (C=O) groups excluding carboxylic acids is 3. The Hall–Kier alpha value is -3.15. The summed E-state index contributed by atoms with van der Waals surface area (Å²) < 4.78 is 0. The molecule has 1 aliphatic carbocycles. The third-order valence-electron chi connectivity index (χ3n) is 5.33. The number of primary amides is 1. The van der Waals surface area contributed by atoms with Gasteiger partial charge in [-0.1, -0.05) is 6.07 Å². The maximum absolute atomic E-state index is 12.9. The molecule has 0 bridgehead atoms. The number of carbonyl (C=O) groups is 3. The Kier molecular flexibility index (Phi) is 6.65. The average molecular weight is 393 g/mol. The third kappa shape index (κ3) is 5.22. The second kappa shape index (κ2) is 9.37. The van der Waals surface area contributed by atoms with Gasteiger partial charge in [-0.15, -0.1) is 0 Å². The fourth-order valence-corrected chi connectivity index (χ4v) is 3.63. The number of nitrogens with zero attached hydrogens (tertiary/aromatic N) is 1. The van der Waals surface area contributed by atoms with E-state index in [0.29, 0.717) is 29.9 Å². The van der Waals surface area contributed by atoms with Crippen LogP contribution in [0, 0.1) is 0 Å². The Morgan fingerprint density at radius 2 is 1.62 bits per heavy atom. The molecule has 29 heavy (non-hydrogen) atoms. The van der Waals surface area contributed by atoms with Crippen LogP contribution in [0.3, 0.4) is 0 Å². The molecule has 6 nitrogen and oxygen atoms in total. The zero-order valence-corrected chi connectivity index (χ0v) is 16.7. The van der Waals surface area contributed by atoms with Crippen molar-refractivity contribution in [3.63, 3.8) is 0 Å². The monoisotopic (exact) mass is 393 g/mol. The van der Waals surface area contributed by atoms with Gasteiger partial charge in [0.15, 0.2) is 0 Å². The van der Waals surface area contributed by atoms with E-state index < -0.39 is 5.91 Å². The van der Waals surface area contributed by atoms with Gasteiger partial charge in [0.05, 0.1) is 0 Å². The predicted molar refractivity (Wildman–Crippen MR) is 113 cm³/mol. The van der Waals surface area contributed by atoms with Crippen molar-refractivity contribution < 1.29 is 14.4 Å². The Labute approximate surface area is 171 Å². The van der Waals surface area contributed by atoms with Crippen LogP contribution in [0.4, 0.5) is 5.69 Å². The maximum atomic E-state index is 12.9. The number of benzene rings is 2. The second-order valence-electron chi connectivity index (χ2n) is 7.32. The number of fused-ring (bicyclic) bond motifs is 1. The van der Waals surface area contributed by atoms with Crippen LogP contribution in [-0.2, 0) is 17.6 Å². The van der Waals surface area contributed by atoms with Gasteiger partial charge in [-0.3, -0.25) is 14.4 Å². The first-order valence-corrected chi connectivity index (χ1v) is 10.1. The predicted octanol–water partition coefficient (Wildman–Crippen LogP) is 3.16. The van der Waals surface area contributed by atoms with Crippen LogP contribution >= 0.6 is 0 Å². The summed E-state index contributed by atoms with van der Waals surface area (Å²) in [6, 6.07) is 12.4. The molecule has 1 aliphatic rings. The van der Waals surface area contributed by atoms with Gasteiger partial charge < -0.3 is 16.0 Å². The summed E-state index contributed by atoms with van der Waals surface area (Å²) in [7, 11) is 0. The van der Waals surface area contributed by atoms with E-state index in [1.165, 1.54) is 24.0 Å². The first kappa shape index (κ1) is 20.6. The minimum atomic E-state index is -0.512. The Morgan fingerprint density at radius 1 is 0.966 bits per heavy atom. The lowest BCUT2D eigenvalue weighted by atomic mass is 9.90. The van der Waals surface area contributed by atoms with E-state index in [0.717, 1.165) is 12.8 Å². The van der Waals surface area contributed by atoms with Gasteiger partial charge in [-0.05, 0) is 80.1 Å². The van der Waals surface area contributed by atoms with Crippen LogP contribution in [0.5, 0.6) is 0 Å². The average Bonchev–Trinajstić information content (AvgIpc) is 2.74. The minimum absolute atomic E-state index is 0.0421. The lowest BCUT2D eigenvalue weighted by Crippen LogP contribution is -2.33. The molecule has 0 aromatic heterocycles. The summed E-state index contributed by atoms with van der Waals surface area (Å²) in [6.07, 6.45) is 4.69. The van der Waals surface area contributed by atoms with Gasteiger partial charge in [-0.25, -0.2) is 0 Å². The summed E-state index contributed by atoms with van der Waals surface area (Å²) in [5.41, 5.74) is 9.49. The SMILES string of the molecule is CCN(CCC(=O)Nc1ccc(C(N)=O)cc1)C(=O)c1ccc2c(c1)CCCC2. The normalized spacial score (nSPS) is 12.7. The summed E-state index contributed by atoms with van der Waals surface area (Å²) in [4.78, 5) is 37.9. The van der Waals surface area contributed by atoms with Gasteiger partial charge in [-0.2, -0.15) is 0 Å². The molecule has 3 amide bonds. The van der Waals surface area contributed by atoms with E-state index in [1.54, 1.807) is 29.2 Å². The molecule has 0 aliphatic heterocycles. The molecule has 0 saturated heterocycles. The van der Waals surface area contributed by atoms with Gasteiger partial charge in [0.1, 0.15) is 0 Å². The lowest BCUT2D eigenvalue weighted by Gasteiger charge is -2.22. The molecule has 0 spiro atoms. The molecule has 0 fully saturated rings. The van der Waals surface area contributed by atoms with E-state index in [4.69, 9.17) is 5.73 Å². The summed E-state index contributed by atoms with van der Waals surface area (Å²) in [6.45, 7) is 2.80. The molecule has 6 heteroatoms. The largest absolute Gasteiger partial charge is 0.366 e. The van der Waals surface area contributed by atoms with E-state index in [9.17, 15) is 14.4 Å². The number of hydrogen-bond acceptors (Lipinski definition) is 3. The number of rotatable bonds is 7. The Balaban J connectivity index is 1.57. The molecule has 2 aromatic carbocycles. The number of nitrogens with one attached hydrogen (secondary N) is 1. The van der Waals surface area contributed by atoms with Crippen molar-refractivity contribution in [2.24, 2.45) is 5.73 Å². The highest BCUT2D eigenvalue weighted by Gasteiger charge is 2.18. The highest BCUT2D eigenvalue weighted by Crippen LogP contribution is 2.23. The van der Waals surface area contributed by atoms with Crippen molar-refractivity contribution >= 4 is 23.4 Å². The summed E-state index contributed by atoms with van der Waals surface area (Å²) in [5.74, 6) is -0.741. The first-order chi connectivity index (χ1) is 14.0. The fourth-order valence-electron chi connectivity index (χ4n) is 3.63. The number of aryl methyl sites for hydroxylation is 2. The number of nitrogens with two attached hydrogens (primary N) is 1. The molecule has 0 unspecified atom stereocenters. The third-order valence-corrected chi connectivity index (χ3v) is 5.33. The number of hydrogen-bond donors (Lipinski definition) is 2. The van der Waals surface area contributed by atoms with Crippen LogP contribution in [0.2, 0.25) is 0 Å². The zero-order chi connectivity index (χ0) is 20.8. The highest BCUT2D eigenvalue weighted by atomic mass is 16.2. The minimum Gasteiger partial charge on any atom is -0.366 e. The standard InChI is InChI=1S/C23H27N3O3/c1-2-26(23(29)19-8-7-16-5-3-4-6-18(16)15-19)14-13-21(27)25-20-11-9-17(10-12-20)22(24)28/h7-12,15H,2-6,13-14H2,1H3,(H2,24,28)(H,25,27). The molecule has 152 valence electrons. The molecule has 0 atom stereocenters. The van der Waals surface area contributed by atoms with E-state index in [2.05, 4.69) is 11.4 Å². The van der Waals surface area contributed by atoms with Crippen LogP contribution in [0.1, 0.15) is 58.0 Å². The second-order valence-corrected chi connectivity index (χ2v) is 7.32. The fraction of sp³-hybridized carbons (Fsp3) is 0.348. The maximum Gasteiger partial charge on any atom is 0.253 e. The molecule has 0 heterocycles. The molecule has 0 saturated carbocycles.